The van der Waals surface area contributed by atoms with Crippen LogP contribution in [0.3, 0.4) is 0 Å². The van der Waals surface area contributed by atoms with Crippen molar-refractivity contribution < 1.29 is 24.2 Å². The largest absolute Gasteiger partial charge is 0.478 e. The zero-order valence-corrected chi connectivity index (χ0v) is 13.9. The van der Waals surface area contributed by atoms with Crippen molar-refractivity contribution in [3.63, 3.8) is 0 Å². The van der Waals surface area contributed by atoms with Gasteiger partial charge in [0.1, 0.15) is 0 Å². The Bertz CT molecular complexity index is 1050. The summed E-state index contributed by atoms with van der Waals surface area (Å²) in [6.07, 6.45) is 1.80. The average molecular weight is 352 g/mol. The Kier molecular flexibility index (Phi) is 3.57. The molecule has 1 amide bonds. The molecule has 1 atom stereocenters. The van der Waals surface area contributed by atoms with Gasteiger partial charge < -0.3 is 24.9 Å². The molecule has 0 saturated heterocycles. The lowest BCUT2D eigenvalue weighted by atomic mass is 9.90. The molecule has 0 fully saturated rings. The number of aryl methyl sites for hydroxylation is 1. The summed E-state index contributed by atoms with van der Waals surface area (Å²) in [5.41, 5.74) is 8.01. The molecular formula is C19H16N2O5. The minimum atomic E-state index is -1.00. The van der Waals surface area contributed by atoms with E-state index in [1.54, 1.807) is 48.1 Å². The molecule has 3 aromatic rings. The first-order valence-corrected chi connectivity index (χ1v) is 7.97. The molecule has 0 bridgehead atoms. The van der Waals surface area contributed by atoms with Gasteiger partial charge in [-0.25, -0.2) is 4.79 Å². The first kappa shape index (κ1) is 16.0. The number of benzene rings is 2. The quantitative estimate of drug-likeness (QED) is 0.749. The Hall–Kier alpha value is -3.48. The lowest BCUT2D eigenvalue weighted by molar-refractivity contribution is -0.118. The lowest BCUT2D eigenvalue weighted by Crippen LogP contribution is -2.22. The van der Waals surface area contributed by atoms with Gasteiger partial charge in [0.25, 0.3) is 0 Å². The molecular weight excluding hydrogens is 336 g/mol. The number of carboxylic acid groups (broad SMARTS) is 1. The van der Waals surface area contributed by atoms with Crippen LogP contribution >= 0.6 is 0 Å². The summed E-state index contributed by atoms with van der Waals surface area (Å²) in [7, 11) is 1.80. The highest BCUT2D eigenvalue weighted by Crippen LogP contribution is 2.38. The predicted octanol–water partition coefficient (Wildman–Crippen LogP) is 2.22. The summed E-state index contributed by atoms with van der Waals surface area (Å²) in [5, 5.41) is 9.97. The minimum absolute atomic E-state index is 0.145. The number of aromatic carboxylic acids is 1. The van der Waals surface area contributed by atoms with Crippen LogP contribution in [0.5, 0.6) is 11.5 Å². The molecule has 1 aliphatic rings. The molecule has 1 aromatic heterocycles. The van der Waals surface area contributed by atoms with Gasteiger partial charge in [-0.2, -0.15) is 0 Å². The van der Waals surface area contributed by atoms with Crippen molar-refractivity contribution in [2.24, 2.45) is 12.8 Å². The maximum absolute atomic E-state index is 12.3. The highest BCUT2D eigenvalue weighted by molar-refractivity contribution is 5.98. The fourth-order valence-electron chi connectivity index (χ4n) is 3.37. The molecule has 0 saturated carbocycles. The molecule has 4 rings (SSSR count). The second kappa shape index (κ2) is 5.80. The van der Waals surface area contributed by atoms with Crippen molar-refractivity contribution in [2.45, 2.75) is 5.92 Å². The SMILES string of the molecule is Cn1cc(C(C(N)=O)c2ccc3c(c2)OCO3)c2ccc(C(=O)O)cc21. The number of carbonyl (C=O) groups excluding carboxylic acids is 1. The van der Waals surface area contributed by atoms with Crippen molar-refractivity contribution in [3.05, 3.63) is 59.3 Å². The molecule has 132 valence electrons. The third-order valence-electron chi connectivity index (χ3n) is 4.59. The van der Waals surface area contributed by atoms with Crippen LogP contribution in [0.1, 0.15) is 27.4 Å². The molecule has 1 unspecified atom stereocenters. The monoisotopic (exact) mass is 352 g/mol. The lowest BCUT2D eigenvalue weighted by Gasteiger charge is -2.14. The van der Waals surface area contributed by atoms with Gasteiger partial charge in [-0.3, -0.25) is 4.79 Å². The summed E-state index contributed by atoms with van der Waals surface area (Å²) in [5.74, 6) is -0.998. The maximum atomic E-state index is 12.3. The van der Waals surface area contributed by atoms with Crippen LogP contribution in [0, 0.1) is 0 Å². The number of amides is 1. The fourth-order valence-corrected chi connectivity index (χ4v) is 3.37. The highest BCUT2D eigenvalue weighted by Gasteiger charge is 2.26. The predicted molar refractivity (Wildman–Crippen MR) is 93.5 cm³/mol. The Morgan fingerprint density at radius 2 is 1.92 bits per heavy atom. The molecule has 2 aromatic carbocycles. The van der Waals surface area contributed by atoms with Crippen LogP contribution in [-0.2, 0) is 11.8 Å². The molecule has 7 heteroatoms. The number of nitrogens with zero attached hydrogens (tertiary/aromatic N) is 1. The van der Waals surface area contributed by atoms with Gasteiger partial charge in [0, 0.05) is 24.1 Å². The van der Waals surface area contributed by atoms with Crippen molar-refractivity contribution in [2.75, 3.05) is 6.79 Å². The second-order valence-electron chi connectivity index (χ2n) is 6.18. The van der Waals surface area contributed by atoms with E-state index in [-0.39, 0.29) is 12.4 Å². The van der Waals surface area contributed by atoms with E-state index in [0.29, 0.717) is 28.1 Å². The fraction of sp³-hybridized carbons (Fsp3) is 0.158. The van der Waals surface area contributed by atoms with Crippen LogP contribution in [-0.4, -0.2) is 28.3 Å². The van der Waals surface area contributed by atoms with Crippen LogP contribution in [0.4, 0.5) is 0 Å². The summed E-state index contributed by atoms with van der Waals surface area (Å²) in [6.45, 7) is 0.145. The van der Waals surface area contributed by atoms with Gasteiger partial charge >= 0.3 is 5.97 Å². The number of fused-ring (bicyclic) bond motifs is 2. The van der Waals surface area contributed by atoms with E-state index >= 15 is 0 Å². The summed E-state index contributed by atoms with van der Waals surface area (Å²) in [4.78, 5) is 23.5. The molecule has 1 aliphatic heterocycles. The molecule has 2 heterocycles. The number of ether oxygens (including phenoxy) is 2. The Morgan fingerprint density at radius 1 is 1.15 bits per heavy atom. The molecule has 0 aliphatic carbocycles. The number of primary amides is 1. The van der Waals surface area contributed by atoms with Crippen molar-refractivity contribution >= 4 is 22.8 Å². The molecule has 26 heavy (non-hydrogen) atoms. The first-order valence-electron chi connectivity index (χ1n) is 7.97. The van der Waals surface area contributed by atoms with E-state index in [1.165, 1.54) is 6.07 Å². The highest BCUT2D eigenvalue weighted by atomic mass is 16.7. The van der Waals surface area contributed by atoms with Gasteiger partial charge in [-0.05, 0) is 35.4 Å². The van der Waals surface area contributed by atoms with Gasteiger partial charge in [0.2, 0.25) is 12.7 Å². The Labute approximate surface area is 148 Å². The van der Waals surface area contributed by atoms with E-state index < -0.39 is 17.8 Å². The van der Waals surface area contributed by atoms with Gasteiger partial charge in [-0.15, -0.1) is 0 Å². The standard InChI is InChI=1S/C19H16N2O5/c1-21-8-13(12-4-2-11(19(23)24)6-14(12)21)17(18(20)22)10-3-5-15-16(7-10)26-9-25-15/h2-8,17H,9H2,1H3,(H2,20,22)(H,23,24). The third kappa shape index (κ3) is 2.45. The van der Waals surface area contributed by atoms with E-state index in [4.69, 9.17) is 15.2 Å². The van der Waals surface area contributed by atoms with E-state index in [2.05, 4.69) is 0 Å². The topological polar surface area (TPSA) is 104 Å². The van der Waals surface area contributed by atoms with Crippen LogP contribution in [0.25, 0.3) is 10.9 Å². The molecule has 0 spiro atoms. The van der Waals surface area contributed by atoms with Crippen LogP contribution < -0.4 is 15.2 Å². The van der Waals surface area contributed by atoms with Gasteiger partial charge in [0.15, 0.2) is 11.5 Å². The Balaban J connectivity index is 1.88. The molecule has 0 radical (unpaired) electrons. The average Bonchev–Trinajstić information content (AvgIpc) is 3.19. The van der Waals surface area contributed by atoms with E-state index in [0.717, 1.165) is 5.39 Å². The molecule has 7 nitrogen and oxygen atoms in total. The normalized spacial score (nSPS) is 13.7. The summed E-state index contributed by atoms with van der Waals surface area (Å²) in [6, 6.07) is 10.1. The van der Waals surface area contributed by atoms with E-state index in [1.807, 2.05) is 0 Å². The third-order valence-corrected chi connectivity index (χ3v) is 4.59. The summed E-state index contributed by atoms with van der Waals surface area (Å²) >= 11 is 0. The number of carboxylic acids is 1. The zero-order valence-electron chi connectivity index (χ0n) is 13.9. The second-order valence-corrected chi connectivity index (χ2v) is 6.18. The minimum Gasteiger partial charge on any atom is -0.478 e. The first-order chi connectivity index (χ1) is 12.5. The van der Waals surface area contributed by atoms with Crippen molar-refractivity contribution in [3.8, 4) is 11.5 Å². The number of hydrogen-bond donors (Lipinski definition) is 2. The van der Waals surface area contributed by atoms with Crippen molar-refractivity contribution in [1.82, 2.24) is 4.57 Å². The van der Waals surface area contributed by atoms with Crippen molar-refractivity contribution in [1.29, 1.82) is 0 Å². The number of hydrogen-bond acceptors (Lipinski definition) is 4. The maximum Gasteiger partial charge on any atom is 0.335 e. The van der Waals surface area contributed by atoms with Crippen LogP contribution in [0.2, 0.25) is 0 Å². The number of aromatic nitrogens is 1. The molecule has 3 N–H and O–H groups in total. The number of nitrogens with two attached hydrogens (primary N) is 1. The van der Waals surface area contributed by atoms with Crippen LogP contribution in [0.15, 0.2) is 42.6 Å². The Morgan fingerprint density at radius 3 is 2.65 bits per heavy atom. The summed E-state index contributed by atoms with van der Waals surface area (Å²) < 4.78 is 12.5. The zero-order chi connectivity index (χ0) is 18.4. The number of rotatable bonds is 4. The van der Waals surface area contributed by atoms with Gasteiger partial charge in [-0.1, -0.05) is 12.1 Å². The number of carbonyl (C=O) groups is 2. The smallest absolute Gasteiger partial charge is 0.335 e. The van der Waals surface area contributed by atoms with Gasteiger partial charge in [0.05, 0.1) is 11.5 Å². The van der Waals surface area contributed by atoms with E-state index in [9.17, 15) is 14.7 Å².